The minimum Gasteiger partial charge on any atom is -0.0654 e. The van der Waals surface area contributed by atoms with Gasteiger partial charge in [-0.3, -0.25) is 0 Å². The summed E-state index contributed by atoms with van der Waals surface area (Å²) in [5, 5.41) is 0. The van der Waals surface area contributed by atoms with Crippen LogP contribution in [0.3, 0.4) is 0 Å². The van der Waals surface area contributed by atoms with Gasteiger partial charge in [-0.2, -0.15) is 0 Å². The van der Waals surface area contributed by atoms with E-state index >= 15 is 0 Å². The molecule has 0 fully saturated rings. The van der Waals surface area contributed by atoms with Crippen molar-refractivity contribution in [1.82, 2.24) is 0 Å². The van der Waals surface area contributed by atoms with E-state index in [9.17, 15) is 0 Å². The molecule has 0 aliphatic carbocycles. The van der Waals surface area contributed by atoms with Crippen LogP contribution in [-0.2, 0) is 0 Å². The average Bonchev–Trinajstić information content (AvgIpc) is 2.16. The third-order valence-electron chi connectivity index (χ3n) is 2.62. The fourth-order valence-corrected chi connectivity index (χ4v) is 1.86. The molecule has 0 nitrogen and oxygen atoms in total. The molecule has 1 atom stereocenters. The first-order valence-electron chi connectivity index (χ1n) is 5.20. The molecule has 0 spiro atoms. The lowest BCUT2D eigenvalue weighted by molar-refractivity contribution is 0.594. The fourth-order valence-electron chi connectivity index (χ4n) is 1.86. The zero-order valence-electron chi connectivity index (χ0n) is 8.72. The number of hydrogen-bond acceptors (Lipinski definition) is 0. The third kappa shape index (κ3) is 2.58. The SMILES string of the molecule is [CH2]c1ccccc1C(CC)CCC. The Labute approximate surface area is 82.0 Å². The first-order valence-corrected chi connectivity index (χ1v) is 5.20. The second-order valence-corrected chi connectivity index (χ2v) is 3.59. The molecule has 71 valence electrons. The second kappa shape index (κ2) is 5.06. The van der Waals surface area contributed by atoms with Gasteiger partial charge in [-0.15, -0.1) is 0 Å². The third-order valence-corrected chi connectivity index (χ3v) is 2.62. The lowest BCUT2D eigenvalue weighted by atomic mass is 9.89. The number of rotatable bonds is 4. The van der Waals surface area contributed by atoms with E-state index in [4.69, 9.17) is 0 Å². The molecule has 0 heterocycles. The summed E-state index contributed by atoms with van der Waals surface area (Å²) in [6.45, 7) is 8.57. The minimum atomic E-state index is 0.707. The van der Waals surface area contributed by atoms with Crippen LogP contribution in [0.4, 0.5) is 0 Å². The van der Waals surface area contributed by atoms with Gasteiger partial charge in [0.2, 0.25) is 0 Å². The van der Waals surface area contributed by atoms with Crippen molar-refractivity contribution < 1.29 is 0 Å². The Bertz CT molecular complexity index is 250. The summed E-state index contributed by atoms with van der Waals surface area (Å²) in [6.07, 6.45) is 3.76. The van der Waals surface area contributed by atoms with Crippen molar-refractivity contribution >= 4 is 0 Å². The quantitative estimate of drug-likeness (QED) is 0.644. The van der Waals surface area contributed by atoms with Gasteiger partial charge in [0, 0.05) is 0 Å². The maximum absolute atomic E-state index is 4.07. The molecule has 13 heavy (non-hydrogen) atoms. The van der Waals surface area contributed by atoms with Crippen molar-refractivity contribution in [2.75, 3.05) is 0 Å². The molecule has 0 aliphatic rings. The lowest BCUT2D eigenvalue weighted by Gasteiger charge is -2.16. The summed E-state index contributed by atoms with van der Waals surface area (Å²) in [5.41, 5.74) is 2.63. The van der Waals surface area contributed by atoms with E-state index < -0.39 is 0 Å². The monoisotopic (exact) mass is 175 g/mol. The molecule has 0 saturated carbocycles. The van der Waals surface area contributed by atoms with Crippen molar-refractivity contribution in [2.24, 2.45) is 0 Å². The van der Waals surface area contributed by atoms with E-state index in [0.29, 0.717) is 5.92 Å². The Morgan fingerprint density at radius 3 is 2.46 bits per heavy atom. The highest BCUT2D eigenvalue weighted by Gasteiger charge is 2.09. The van der Waals surface area contributed by atoms with Crippen molar-refractivity contribution in [3.8, 4) is 0 Å². The van der Waals surface area contributed by atoms with Crippen molar-refractivity contribution in [2.45, 2.75) is 39.0 Å². The molecule has 0 bridgehead atoms. The summed E-state index contributed by atoms with van der Waals surface area (Å²) in [7, 11) is 0. The van der Waals surface area contributed by atoms with Gasteiger partial charge in [0.25, 0.3) is 0 Å². The molecular weight excluding hydrogens is 156 g/mol. The van der Waals surface area contributed by atoms with E-state index in [-0.39, 0.29) is 0 Å². The normalized spacial score (nSPS) is 12.8. The smallest absolute Gasteiger partial charge is 0.0162 e. The molecule has 0 heteroatoms. The predicted octanol–water partition coefficient (Wildman–Crippen LogP) is 4.16. The first-order chi connectivity index (χ1) is 6.29. The van der Waals surface area contributed by atoms with Gasteiger partial charge in [-0.05, 0) is 36.8 Å². The first kappa shape index (κ1) is 10.3. The van der Waals surface area contributed by atoms with E-state index in [2.05, 4.69) is 45.0 Å². The average molecular weight is 175 g/mol. The van der Waals surface area contributed by atoms with Crippen LogP contribution in [0.25, 0.3) is 0 Å². The molecule has 1 unspecified atom stereocenters. The maximum Gasteiger partial charge on any atom is -0.0162 e. The maximum atomic E-state index is 4.07. The predicted molar refractivity (Wildman–Crippen MR) is 58.8 cm³/mol. The molecule has 0 aromatic heterocycles. The molecular formula is C13H19. The van der Waals surface area contributed by atoms with Crippen molar-refractivity contribution in [3.05, 3.63) is 42.3 Å². The molecule has 1 aromatic carbocycles. The number of benzene rings is 1. The van der Waals surface area contributed by atoms with Gasteiger partial charge in [-0.1, -0.05) is 44.5 Å². The van der Waals surface area contributed by atoms with E-state index in [1.54, 1.807) is 0 Å². The highest BCUT2D eigenvalue weighted by Crippen LogP contribution is 2.26. The van der Waals surface area contributed by atoms with Gasteiger partial charge in [0.1, 0.15) is 0 Å². The molecule has 0 N–H and O–H groups in total. The summed E-state index contributed by atoms with van der Waals surface area (Å²) in [4.78, 5) is 0. The largest absolute Gasteiger partial charge is 0.0654 e. The van der Waals surface area contributed by atoms with E-state index in [1.807, 2.05) is 0 Å². The van der Waals surface area contributed by atoms with Crippen LogP contribution in [0.15, 0.2) is 24.3 Å². The second-order valence-electron chi connectivity index (χ2n) is 3.59. The topological polar surface area (TPSA) is 0 Å². The van der Waals surface area contributed by atoms with E-state index in [0.717, 1.165) is 0 Å². The lowest BCUT2D eigenvalue weighted by Crippen LogP contribution is -1.98. The van der Waals surface area contributed by atoms with Crippen LogP contribution in [0.1, 0.15) is 50.2 Å². The molecule has 1 aromatic rings. The summed E-state index contributed by atoms with van der Waals surface area (Å²) in [6, 6.07) is 8.49. The van der Waals surface area contributed by atoms with Gasteiger partial charge in [0.15, 0.2) is 0 Å². The number of hydrogen-bond donors (Lipinski definition) is 0. The van der Waals surface area contributed by atoms with E-state index in [1.165, 1.54) is 30.4 Å². The Morgan fingerprint density at radius 2 is 1.92 bits per heavy atom. The Kier molecular flexibility index (Phi) is 4.01. The molecule has 0 amide bonds. The highest BCUT2D eigenvalue weighted by atomic mass is 14.1. The Balaban J connectivity index is 2.84. The minimum absolute atomic E-state index is 0.707. The summed E-state index contributed by atoms with van der Waals surface area (Å²) >= 11 is 0. The summed E-state index contributed by atoms with van der Waals surface area (Å²) < 4.78 is 0. The zero-order valence-corrected chi connectivity index (χ0v) is 8.72. The molecule has 1 radical (unpaired) electrons. The van der Waals surface area contributed by atoms with Crippen LogP contribution in [-0.4, -0.2) is 0 Å². The van der Waals surface area contributed by atoms with Crippen LogP contribution in [0, 0.1) is 6.92 Å². The van der Waals surface area contributed by atoms with Crippen LogP contribution in [0.2, 0.25) is 0 Å². The molecule has 0 saturated heterocycles. The molecule has 1 rings (SSSR count). The highest BCUT2D eigenvalue weighted by molar-refractivity contribution is 5.32. The zero-order chi connectivity index (χ0) is 9.68. The standard InChI is InChI=1S/C13H19/c1-4-8-12(5-2)13-10-7-6-9-11(13)3/h6-7,9-10,12H,3-5,8H2,1-2H3. The van der Waals surface area contributed by atoms with Gasteiger partial charge >= 0.3 is 0 Å². The molecule has 0 aliphatic heterocycles. The van der Waals surface area contributed by atoms with Crippen LogP contribution >= 0.6 is 0 Å². The van der Waals surface area contributed by atoms with Crippen molar-refractivity contribution in [1.29, 1.82) is 0 Å². The van der Waals surface area contributed by atoms with Gasteiger partial charge in [-0.25, -0.2) is 0 Å². The van der Waals surface area contributed by atoms with Crippen molar-refractivity contribution in [3.63, 3.8) is 0 Å². The fraction of sp³-hybridized carbons (Fsp3) is 0.462. The van der Waals surface area contributed by atoms with Crippen LogP contribution in [0.5, 0.6) is 0 Å². The van der Waals surface area contributed by atoms with Crippen LogP contribution < -0.4 is 0 Å². The Morgan fingerprint density at radius 1 is 1.23 bits per heavy atom. The van der Waals surface area contributed by atoms with Gasteiger partial charge in [0.05, 0.1) is 0 Å². The Hall–Kier alpha value is -0.780. The van der Waals surface area contributed by atoms with Gasteiger partial charge < -0.3 is 0 Å². The summed E-state index contributed by atoms with van der Waals surface area (Å²) in [5.74, 6) is 0.707.